The number of hydrogen-bond donors (Lipinski definition) is 6. The second-order valence-corrected chi connectivity index (χ2v) is 28.6. The predicted octanol–water partition coefficient (Wildman–Crippen LogP) is 3.08. The lowest BCUT2D eigenvalue weighted by Crippen LogP contribution is -2.61. The van der Waals surface area contributed by atoms with Gasteiger partial charge in [0.05, 0.1) is 31.7 Å². The normalized spacial score (nSPS) is 27.4. The van der Waals surface area contributed by atoms with E-state index in [9.17, 15) is 57.8 Å². The molecule has 12 atom stereocenters. The number of aliphatic hydroxyl groups is 1. The molecule has 6 aliphatic rings. The number of fused-ring (bicyclic) bond motifs is 6. The average Bonchev–Trinajstić information content (AvgIpc) is 1.66. The Balaban J connectivity index is 0.000000351. The molecule has 0 spiro atoms. The third-order valence-corrected chi connectivity index (χ3v) is 20.0. The zero-order valence-corrected chi connectivity index (χ0v) is 63.3. The van der Waals surface area contributed by atoms with Crippen molar-refractivity contribution < 1.29 is 92.1 Å². The molecule has 0 unspecified atom stereocenters. The number of hydrogen-bond acceptors (Lipinski definition) is 20. The van der Waals surface area contributed by atoms with Gasteiger partial charge >= 0.3 is 11.9 Å². The number of oxazole rings is 1. The summed E-state index contributed by atoms with van der Waals surface area (Å²) in [4.78, 5) is 159. The summed E-state index contributed by atoms with van der Waals surface area (Å²) in [6.07, 6.45) is 9.34. The number of nitrogens with one attached hydrogen (secondary N) is 4. The first kappa shape index (κ1) is 86.0. The van der Waals surface area contributed by atoms with Crippen molar-refractivity contribution in [3.8, 4) is 5.75 Å². The standard InChI is InChI=1S/C50H63N9O10.C28H38FN3O6.2H2O/c1-6-36-47(64)58-23-11-14-38(58)48(65)56(5)39(28-32-16-19-35(20-17-32)55(3)4)49(66)59-30-33(29-57-24-26-68-27-25-57)18-21-37(59)44(61)54-42(34-12-8-7-9-13-34)50(67)69-31(2)41(45(62)52-36)53-46(63)43-40(60)15-10-22-51-43;1-17(2)26-19(4)7-8-24(34)30-10-5-6-18(3)12-22(33)13-21(29)14-25-31-23(16-37-25)27(35)32-11-9-20(15-32)28(36)38-26;;/h7-10,12-13,15-20,22,31,36-39,41-42,60H,6,11,14,21,23-30H2,1-5H3,(H,52,62)(H,53,63)(H,54,61);5-8,12,16-17,19-22,26,33H,9-11,13-15H2,1-4H3,(H,30,34);2*1H2/b;6-5+,8-7+,18-12+;;/t31-,36-,37+,38+,39+,41+,42+;19-,20-,21+,22-,26+;;/m10../s1. The highest BCUT2D eigenvalue weighted by molar-refractivity contribution is 6.01. The topological polar surface area (TPSA) is 408 Å². The molecule has 4 bridgehead atoms. The van der Waals surface area contributed by atoms with E-state index >= 15 is 4.79 Å². The van der Waals surface area contributed by atoms with Crippen LogP contribution in [0.25, 0.3) is 0 Å². The summed E-state index contributed by atoms with van der Waals surface area (Å²) < 4.78 is 37.3. The Morgan fingerprint density at radius 3 is 2.25 bits per heavy atom. The number of ether oxygens (including phenoxy) is 3. The monoisotopic (exact) mass is 1520 g/mol. The SMILES string of the molecule is CC1=C\[C@H](O)C[C@@H](F)Cc2nc(co2)C(=O)N2CC[C@@H](C2)C(=O)O[C@H](C(C)C)[C@@H](C)/C=C/C(=O)NC\C=C\1.CC[C@H]1NC(=O)[C@@H](NC(=O)c2ncccc2O)[C@@H](C)OC(=O)[C@H](c2ccccc2)NC(=O)[C@@H]2CC=C(CN3CCOCC3)CN2C(=O)[C@H](Cc2ccc(N(C)C)cc2)N(C)C(=O)[C@@H]2CCCN2C1=O.O.O. The number of aromatic nitrogens is 2. The van der Waals surface area contributed by atoms with Gasteiger partial charge in [0.1, 0.15) is 60.6 Å². The van der Waals surface area contributed by atoms with Crippen molar-refractivity contribution in [1.82, 2.24) is 55.7 Å². The Bertz CT molecular complexity index is 3940. The summed E-state index contributed by atoms with van der Waals surface area (Å²) >= 11 is 0. The van der Waals surface area contributed by atoms with Gasteiger partial charge in [0.15, 0.2) is 23.3 Å². The maximum atomic E-state index is 15.5. The molecule has 30 nitrogen and oxygen atoms in total. The molecule has 0 radical (unpaired) electrons. The number of esters is 2. The van der Waals surface area contributed by atoms with Crippen LogP contribution >= 0.6 is 0 Å². The number of rotatable bonds is 10. The Morgan fingerprint density at radius 2 is 1.56 bits per heavy atom. The number of cyclic esters (lactones) is 2. The summed E-state index contributed by atoms with van der Waals surface area (Å²) in [6.45, 7) is 14.7. The lowest BCUT2D eigenvalue weighted by Gasteiger charge is -2.41. The van der Waals surface area contributed by atoms with Crippen LogP contribution in [0.4, 0.5) is 10.1 Å². The number of morpholine rings is 1. The van der Waals surface area contributed by atoms with Crippen LogP contribution in [-0.2, 0) is 65.4 Å². The number of nitrogens with zero attached hydrogens (tertiary/aromatic N) is 8. The second kappa shape index (κ2) is 40.3. The fourth-order valence-electron chi connectivity index (χ4n) is 14.0. The van der Waals surface area contributed by atoms with Gasteiger partial charge in [-0.05, 0) is 98.9 Å². The molecule has 2 aromatic heterocycles. The molecule has 4 aromatic rings. The maximum Gasteiger partial charge on any atom is 0.333 e. The molecule has 4 saturated heterocycles. The van der Waals surface area contributed by atoms with Crippen LogP contribution in [-0.4, -0.2) is 256 Å². The minimum Gasteiger partial charge on any atom is -0.505 e. The van der Waals surface area contributed by atoms with Crippen molar-refractivity contribution in [2.45, 2.75) is 154 Å². The molecular weight excluding hydrogens is 1410 g/mol. The van der Waals surface area contributed by atoms with Crippen LogP contribution in [0.15, 0.2) is 131 Å². The third-order valence-electron chi connectivity index (χ3n) is 20.0. The number of allylic oxidation sites excluding steroid dienone is 2. The third kappa shape index (κ3) is 22.9. The van der Waals surface area contributed by atoms with Crippen LogP contribution in [0, 0.1) is 17.8 Å². The van der Waals surface area contributed by atoms with E-state index in [1.54, 1.807) is 69.5 Å². The fourth-order valence-corrected chi connectivity index (χ4v) is 14.0. The molecule has 4 fully saturated rings. The van der Waals surface area contributed by atoms with Crippen LogP contribution in [0.2, 0.25) is 0 Å². The van der Waals surface area contributed by atoms with Crippen molar-refractivity contribution in [2.24, 2.45) is 17.8 Å². The largest absolute Gasteiger partial charge is 0.505 e. The molecule has 8 heterocycles. The number of pyridine rings is 1. The van der Waals surface area contributed by atoms with Gasteiger partial charge in [-0.1, -0.05) is 106 Å². The number of carbonyl (C=O) groups excluding carboxylic acids is 10. The molecule has 592 valence electrons. The van der Waals surface area contributed by atoms with E-state index in [1.165, 1.54) is 63.3 Å². The number of aromatic hydroxyl groups is 1. The van der Waals surface area contributed by atoms with E-state index in [-0.39, 0.29) is 105 Å². The van der Waals surface area contributed by atoms with E-state index in [4.69, 9.17) is 18.6 Å². The second-order valence-electron chi connectivity index (χ2n) is 28.6. The zero-order chi connectivity index (χ0) is 77.2. The number of aliphatic hydroxyl groups excluding tert-OH is 1. The van der Waals surface area contributed by atoms with Crippen molar-refractivity contribution in [3.05, 3.63) is 155 Å². The van der Waals surface area contributed by atoms with E-state index in [0.29, 0.717) is 69.8 Å². The quantitative estimate of drug-likeness (QED) is 0.0981. The zero-order valence-electron chi connectivity index (χ0n) is 63.3. The summed E-state index contributed by atoms with van der Waals surface area (Å²) in [6, 6.07) is 11.0. The maximum absolute atomic E-state index is 15.5. The van der Waals surface area contributed by atoms with E-state index < -0.39 is 125 Å². The fraction of sp³-hybridized carbons (Fsp3) is 0.513. The highest BCUT2D eigenvalue weighted by atomic mass is 19.1. The molecule has 10 rings (SSSR count). The molecular formula is C78H105FN12O18. The van der Waals surface area contributed by atoms with Gasteiger partial charge in [0.2, 0.25) is 35.4 Å². The Labute approximate surface area is 634 Å². The lowest BCUT2D eigenvalue weighted by atomic mass is 9.94. The molecule has 8 amide bonds. The number of alkyl halides is 1. The molecule has 109 heavy (non-hydrogen) atoms. The van der Waals surface area contributed by atoms with Gasteiger partial charge in [-0.15, -0.1) is 0 Å². The molecule has 2 aromatic carbocycles. The van der Waals surface area contributed by atoms with Crippen LogP contribution < -0.4 is 26.2 Å². The Morgan fingerprint density at radius 1 is 0.835 bits per heavy atom. The van der Waals surface area contributed by atoms with Gasteiger partial charge in [-0.3, -0.25) is 48.1 Å². The van der Waals surface area contributed by atoms with Gasteiger partial charge in [0, 0.05) is 104 Å². The lowest BCUT2D eigenvalue weighted by molar-refractivity contribution is -0.158. The minimum atomic E-state index is -1.66. The number of halogens is 1. The number of benzene rings is 2. The molecule has 0 saturated carbocycles. The molecule has 31 heteroatoms. The van der Waals surface area contributed by atoms with E-state index in [0.717, 1.165) is 16.8 Å². The van der Waals surface area contributed by atoms with Crippen LogP contribution in [0.3, 0.4) is 0 Å². The van der Waals surface area contributed by atoms with Crippen molar-refractivity contribution in [3.63, 3.8) is 0 Å². The van der Waals surface area contributed by atoms with Crippen LogP contribution in [0.5, 0.6) is 5.75 Å². The molecule has 6 aliphatic heterocycles. The number of anilines is 1. The first-order chi connectivity index (χ1) is 51.2. The van der Waals surface area contributed by atoms with Crippen LogP contribution in [0.1, 0.15) is 124 Å². The number of likely N-dealkylation sites (N-methyl/N-ethyl adjacent to an activating group) is 1. The highest BCUT2D eigenvalue weighted by Gasteiger charge is 2.46. The first-order valence-electron chi connectivity index (χ1n) is 36.7. The first-order valence-corrected chi connectivity index (χ1v) is 36.7. The summed E-state index contributed by atoms with van der Waals surface area (Å²) in [5.74, 6) is -7.20. The van der Waals surface area contributed by atoms with Crippen molar-refractivity contribution >= 4 is 64.9 Å². The Hall–Kier alpha value is -10.2. The number of amides is 8. The minimum absolute atomic E-state index is 0. The number of carbonyl (C=O) groups is 10. The van der Waals surface area contributed by atoms with Gasteiger partial charge in [-0.25, -0.2) is 19.2 Å². The van der Waals surface area contributed by atoms with E-state index in [2.05, 4.69) is 36.1 Å². The summed E-state index contributed by atoms with van der Waals surface area (Å²) in [5.41, 5.74) is 3.27. The van der Waals surface area contributed by atoms with Gasteiger partial charge in [0.25, 0.3) is 11.8 Å². The summed E-state index contributed by atoms with van der Waals surface area (Å²) in [7, 11) is 5.38. The van der Waals surface area contributed by atoms with Crippen molar-refractivity contribution in [1.29, 1.82) is 0 Å². The van der Waals surface area contributed by atoms with Gasteiger partial charge in [-0.2, -0.15) is 0 Å². The molecule has 10 N–H and O–H groups in total. The Kier molecular flexibility index (Phi) is 31.8. The predicted molar refractivity (Wildman–Crippen MR) is 399 cm³/mol. The van der Waals surface area contributed by atoms with E-state index in [1.807, 2.05) is 70.1 Å². The highest BCUT2D eigenvalue weighted by Crippen LogP contribution is 2.30. The summed E-state index contributed by atoms with van der Waals surface area (Å²) in [5, 5.41) is 31.6. The van der Waals surface area contributed by atoms with Crippen molar-refractivity contribution in [2.75, 3.05) is 91.6 Å². The average molecular weight is 1520 g/mol. The smallest absolute Gasteiger partial charge is 0.333 e. The molecule has 0 aliphatic carbocycles. The van der Waals surface area contributed by atoms with Gasteiger partial charge < -0.3 is 85.6 Å².